The summed E-state index contributed by atoms with van der Waals surface area (Å²) in [5.74, 6) is -1.22. The van der Waals surface area contributed by atoms with Crippen molar-refractivity contribution >= 4 is 34.3 Å². The minimum Gasteiger partial charge on any atom is -0.330 e. The summed E-state index contributed by atoms with van der Waals surface area (Å²) in [7, 11) is 0. The molecule has 1 aliphatic carbocycles. The Balaban J connectivity index is 1.22. The van der Waals surface area contributed by atoms with E-state index in [0.717, 1.165) is 24.3 Å². The van der Waals surface area contributed by atoms with Crippen molar-refractivity contribution in [1.82, 2.24) is 24.6 Å². The Labute approximate surface area is 220 Å². The molecule has 0 spiro atoms. The Morgan fingerprint density at radius 3 is 2.72 bits per heavy atom. The van der Waals surface area contributed by atoms with Crippen molar-refractivity contribution in [2.75, 3.05) is 25.0 Å². The topological polar surface area (TPSA) is 100 Å². The Bertz CT molecular complexity index is 1540. The van der Waals surface area contributed by atoms with Crippen molar-refractivity contribution < 1.29 is 27.6 Å². The van der Waals surface area contributed by atoms with E-state index < -0.39 is 17.8 Å². The van der Waals surface area contributed by atoms with Gasteiger partial charge in [0.1, 0.15) is 24.5 Å². The van der Waals surface area contributed by atoms with Crippen LogP contribution in [0.3, 0.4) is 0 Å². The molecule has 0 unspecified atom stereocenters. The van der Waals surface area contributed by atoms with Crippen LogP contribution in [-0.2, 0) is 22.3 Å². The predicted molar refractivity (Wildman–Crippen MR) is 136 cm³/mol. The first-order valence-electron chi connectivity index (χ1n) is 12.1. The standard InChI is InChI=1S/C27H23F3N6O3/c28-27(29,30)23-9-5-8-22(32-23)26(39)31-19-10-11-21-18(14-19)15-35(33-21)17-24(37)34-12-13-36(25(38)16-34)20-6-3-1-2-4-7-20/h1,3-11,14-15H,2,12-13,16-17H2,(H,31,39). The number of hydrogen-bond donors (Lipinski definition) is 1. The van der Waals surface area contributed by atoms with Crippen LogP contribution in [0.25, 0.3) is 10.9 Å². The van der Waals surface area contributed by atoms with Crippen molar-refractivity contribution in [3.8, 4) is 0 Å². The van der Waals surface area contributed by atoms with Gasteiger partial charge < -0.3 is 15.1 Å². The maximum absolute atomic E-state index is 12.9. The quantitative estimate of drug-likeness (QED) is 0.535. The fourth-order valence-corrected chi connectivity index (χ4v) is 4.30. The first kappa shape index (κ1) is 25.9. The van der Waals surface area contributed by atoms with E-state index in [0.29, 0.717) is 29.7 Å². The average Bonchev–Trinajstić information content (AvgIpc) is 3.10. The van der Waals surface area contributed by atoms with Gasteiger partial charge in [0, 0.05) is 36.1 Å². The molecule has 3 aromatic rings. The molecule has 200 valence electrons. The molecule has 39 heavy (non-hydrogen) atoms. The third-order valence-corrected chi connectivity index (χ3v) is 6.23. The molecule has 3 amide bonds. The molecule has 12 heteroatoms. The summed E-state index contributed by atoms with van der Waals surface area (Å²) in [5, 5.41) is 7.52. The van der Waals surface area contributed by atoms with Gasteiger partial charge >= 0.3 is 6.18 Å². The fraction of sp³-hybridized carbons (Fsp3) is 0.222. The van der Waals surface area contributed by atoms with Crippen molar-refractivity contribution in [2.45, 2.75) is 19.1 Å². The molecule has 1 aliphatic heterocycles. The lowest BCUT2D eigenvalue weighted by atomic mass is 10.2. The molecule has 5 rings (SSSR count). The number of allylic oxidation sites excluding steroid dienone is 5. The number of nitrogens with one attached hydrogen (secondary N) is 1. The van der Waals surface area contributed by atoms with Crippen molar-refractivity contribution in [3.05, 3.63) is 90.1 Å². The van der Waals surface area contributed by atoms with E-state index in [2.05, 4.69) is 15.4 Å². The summed E-state index contributed by atoms with van der Waals surface area (Å²) in [5.41, 5.74) is 0.153. The van der Waals surface area contributed by atoms with E-state index in [1.807, 2.05) is 30.4 Å². The summed E-state index contributed by atoms with van der Waals surface area (Å²) >= 11 is 0. The summed E-state index contributed by atoms with van der Waals surface area (Å²) in [4.78, 5) is 44.7. The van der Waals surface area contributed by atoms with Crippen molar-refractivity contribution in [2.24, 2.45) is 0 Å². The summed E-state index contributed by atoms with van der Waals surface area (Å²) in [6.45, 7) is 0.664. The van der Waals surface area contributed by atoms with Crippen LogP contribution in [0.4, 0.5) is 18.9 Å². The summed E-state index contributed by atoms with van der Waals surface area (Å²) in [6.07, 6.45) is 7.40. The molecular formula is C27H23F3N6O3. The monoisotopic (exact) mass is 536 g/mol. The molecular weight excluding hydrogens is 513 g/mol. The number of alkyl halides is 3. The highest BCUT2D eigenvalue weighted by Gasteiger charge is 2.33. The number of anilines is 1. The zero-order valence-corrected chi connectivity index (χ0v) is 20.6. The van der Waals surface area contributed by atoms with Gasteiger partial charge in [-0.2, -0.15) is 18.3 Å². The molecule has 1 saturated heterocycles. The SMILES string of the molecule is O=C(Nc1ccc2nn(CC(=O)N3CCN(C4=CC=CCC=C4)C(=O)C3)cc2c1)c1cccc(C(F)(F)F)n1. The average molecular weight is 537 g/mol. The number of piperazine rings is 1. The maximum Gasteiger partial charge on any atom is 0.433 e. The number of fused-ring (bicyclic) bond motifs is 1. The minimum atomic E-state index is -4.66. The van der Waals surface area contributed by atoms with Gasteiger partial charge in [-0.1, -0.05) is 24.3 Å². The zero-order chi connectivity index (χ0) is 27.6. The molecule has 1 N–H and O–H groups in total. The van der Waals surface area contributed by atoms with Gasteiger partial charge in [0.15, 0.2) is 0 Å². The van der Waals surface area contributed by atoms with Gasteiger partial charge in [0.05, 0.1) is 5.52 Å². The van der Waals surface area contributed by atoms with E-state index in [9.17, 15) is 27.6 Å². The Kier molecular flexibility index (Phi) is 7.01. The molecule has 1 aromatic carbocycles. The van der Waals surface area contributed by atoms with Crippen LogP contribution in [0, 0.1) is 0 Å². The Hall–Kier alpha value is -4.74. The number of carbonyl (C=O) groups excluding carboxylic acids is 3. The van der Waals surface area contributed by atoms with Crippen molar-refractivity contribution in [1.29, 1.82) is 0 Å². The number of nitrogens with zero attached hydrogens (tertiary/aromatic N) is 5. The van der Waals surface area contributed by atoms with Gasteiger partial charge in [-0.3, -0.25) is 19.1 Å². The van der Waals surface area contributed by atoms with E-state index in [-0.39, 0.29) is 30.6 Å². The summed E-state index contributed by atoms with van der Waals surface area (Å²) < 4.78 is 40.2. The van der Waals surface area contributed by atoms with Crippen LogP contribution >= 0.6 is 0 Å². The number of pyridine rings is 1. The first-order chi connectivity index (χ1) is 18.7. The lowest BCUT2D eigenvalue weighted by Gasteiger charge is -2.34. The molecule has 3 heterocycles. The van der Waals surface area contributed by atoms with Crippen LogP contribution in [0.5, 0.6) is 0 Å². The smallest absolute Gasteiger partial charge is 0.330 e. The van der Waals surface area contributed by atoms with Gasteiger partial charge in [0.25, 0.3) is 5.91 Å². The van der Waals surface area contributed by atoms with Gasteiger partial charge in [0.2, 0.25) is 11.8 Å². The van der Waals surface area contributed by atoms with Crippen LogP contribution in [-0.4, -0.2) is 61.9 Å². The maximum atomic E-state index is 12.9. The fourth-order valence-electron chi connectivity index (χ4n) is 4.30. The van der Waals surface area contributed by atoms with E-state index in [1.165, 1.54) is 15.6 Å². The highest BCUT2D eigenvalue weighted by Crippen LogP contribution is 2.27. The van der Waals surface area contributed by atoms with Crippen LogP contribution in [0.15, 0.2) is 78.7 Å². The normalized spacial score (nSPS) is 15.9. The number of benzene rings is 1. The van der Waals surface area contributed by atoms with Gasteiger partial charge in [-0.25, -0.2) is 4.98 Å². The number of rotatable bonds is 5. The molecule has 0 radical (unpaired) electrons. The first-order valence-corrected chi connectivity index (χ1v) is 12.1. The molecule has 0 saturated carbocycles. The zero-order valence-electron chi connectivity index (χ0n) is 20.6. The van der Waals surface area contributed by atoms with E-state index >= 15 is 0 Å². The molecule has 0 atom stereocenters. The van der Waals surface area contributed by atoms with Crippen LogP contribution < -0.4 is 5.32 Å². The third kappa shape index (κ3) is 5.89. The summed E-state index contributed by atoms with van der Waals surface area (Å²) in [6, 6.07) is 7.87. The van der Waals surface area contributed by atoms with Gasteiger partial charge in [-0.15, -0.1) is 0 Å². The molecule has 1 fully saturated rings. The molecule has 0 bridgehead atoms. The number of halogens is 3. The molecule has 9 nitrogen and oxygen atoms in total. The third-order valence-electron chi connectivity index (χ3n) is 6.23. The Morgan fingerprint density at radius 2 is 1.92 bits per heavy atom. The van der Waals surface area contributed by atoms with Gasteiger partial charge in [-0.05, 0) is 48.9 Å². The van der Waals surface area contributed by atoms with Crippen LogP contribution in [0.1, 0.15) is 22.6 Å². The van der Waals surface area contributed by atoms with E-state index in [4.69, 9.17) is 0 Å². The highest BCUT2D eigenvalue weighted by atomic mass is 19.4. The second-order valence-electron chi connectivity index (χ2n) is 8.98. The second-order valence-corrected chi connectivity index (χ2v) is 8.98. The van der Waals surface area contributed by atoms with Crippen molar-refractivity contribution in [3.63, 3.8) is 0 Å². The lowest BCUT2D eigenvalue weighted by molar-refractivity contribution is -0.144. The molecule has 2 aromatic heterocycles. The lowest BCUT2D eigenvalue weighted by Crippen LogP contribution is -2.52. The second kappa shape index (κ2) is 10.6. The largest absolute Gasteiger partial charge is 0.433 e. The highest BCUT2D eigenvalue weighted by molar-refractivity contribution is 6.03. The molecule has 2 aliphatic rings. The van der Waals surface area contributed by atoms with E-state index in [1.54, 1.807) is 29.3 Å². The van der Waals surface area contributed by atoms with Crippen LogP contribution in [0.2, 0.25) is 0 Å². The number of hydrogen-bond acceptors (Lipinski definition) is 5. The predicted octanol–water partition coefficient (Wildman–Crippen LogP) is 3.77. The number of amides is 3. The number of carbonyl (C=O) groups is 3. The minimum absolute atomic E-state index is 0.0335. The Morgan fingerprint density at radius 1 is 1.08 bits per heavy atom. The number of aromatic nitrogens is 3.